The van der Waals surface area contributed by atoms with E-state index < -0.39 is 22.7 Å². The number of fused-ring (bicyclic) bond motifs is 1. The van der Waals surface area contributed by atoms with Gasteiger partial charge in [-0.15, -0.1) is 0 Å². The van der Waals surface area contributed by atoms with Crippen LogP contribution in [0, 0.1) is 0 Å². The zero-order chi connectivity index (χ0) is 18.1. The third kappa shape index (κ3) is 2.40. The van der Waals surface area contributed by atoms with Crippen molar-refractivity contribution in [1.29, 1.82) is 0 Å². The topological polar surface area (TPSA) is 52.6 Å². The van der Waals surface area contributed by atoms with Crippen molar-refractivity contribution in [2.45, 2.75) is 10.5 Å². The number of ether oxygens (including phenoxy) is 1. The number of carbonyl (C=O) groups is 1. The molecule has 1 heterocycles. The van der Waals surface area contributed by atoms with E-state index in [1.54, 1.807) is 12.1 Å². The smallest absolute Gasteiger partial charge is 0.339 e. The average molecular weight is 364 g/mol. The summed E-state index contributed by atoms with van der Waals surface area (Å²) >= 11 is -1.80. The van der Waals surface area contributed by atoms with E-state index in [-0.39, 0.29) is 5.56 Å². The second-order valence-corrected chi connectivity index (χ2v) is 6.95. The molecule has 4 rings (SSSR count). The standard InChI is InChI=1S/C21H16O4S/c1-24-20(22)17-13-8-14-18-19(17)26(23)25-21(18,15-9-4-2-5-10-15)16-11-6-3-7-12-16/h2-14H,1H3/t26-/m0/s1. The van der Waals surface area contributed by atoms with Crippen LogP contribution in [-0.2, 0) is 25.6 Å². The maximum Gasteiger partial charge on any atom is 0.339 e. The van der Waals surface area contributed by atoms with Crippen LogP contribution < -0.4 is 0 Å². The van der Waals surface area contributed by atoms with Crippen molar-refractivity contribution >= 4 is 17.0 Å². The van der Waals surface area contributed by atoms with Crippen LogP contribution >= 0.6 is 0 Å². The first-order valence-corrected chi connectivity index (χ1v) is 9.20. The van der Waals surface area contributed by atoms with E-state index in [0.29, 0.717) is 10.5 Å². The Labute approximate surface area is 154 Å². The van der Waals surface area contributed by atoms with Crippen molar-refractivity contribution in [2.75, 3.05) is 7.11 Å². The Morgan fingerprint density at radius 3 is 2.00 bits per heavy atom. The molecule has 1 aliphatic rings. The first-order valence-electron chi connectivity index (χ1n) is 8.12. The molecule has 5 heteroatoms. The molecule has 0 saturated carbocycles. The summed E-state index contributed by atoms with van der Waals surface area (Å²) in [6.07, 6.45) is 0. The molecular weight excluding hydrogens is 348 g/mol. The second kappa shape index (κ2) is 6.52. The van der Waals surface area contributed by atoms with Gasteiger partial charge in [0.05, 0.1) is 17.6 Å². The van der Waals surface area contributed by atoms with Crippen molar-refractivity contribution in [3.8, 4) is 0 Å². The number of methoxy groups -OCH3 is 1. The highest BCUT2D eigenvalue weighted by Crippen LogP contribution is 2.49. The summed E-state index contributed by atoms with van der Waals surface area (Å²) < 4.78 is 23.9. The molecule has 0 unspecified atom stereocenters. The molecule has 4 nitrogen and oxygen atoms in total. The fraction of sp³-hybridized carbons (Fsp3) is 0.0952. The number of carbonyl (C=O) groups excluding carboxylic acids is 1. The van der Waals surface area contributed by atoms with Gasteiger partial charge in [0.1, 0.15) is 0 Å². The van der Waals surface area contributed by atoms with Gasteiger partial charge in [0.15, 0.2) is 16.7 Å². The molecular formula is C21H16O4S. The van der Waals surface area contributed by atoms with Gasteiger partial charge in [-0.2, -0.15) is 0 Å². The van der Waals surface area contributed by atoms with Crippen molar-refractivity contribution in [3.05, 3.63) is 101 Å². The molecule has 1 aliphatic heterocycles. The second-order valence-electron chi connectivity index (χ2n) is 5.91. The fourth-order valence-electron chi connectivity index (χ4n) is 3.38. The minimum atomic E-state index is -1.80. The highest BCUT2D eigenvalue weighted by atomic mass is 32.2. The van der Waals surface area contributed by atoms with E-state index in [1.807, 2.05) is 66.7 Å². The molecule has 0 radical (unpaired) electrons. The quantitative estimate of drug-likeness (QED) is 0.663. The molecule has 0 N–H and O–H groups in total. The molecule has 1 atom stereocenters. The Bertz CT molecular complexity index is 944. The van der Waals surface area contributed by atoms with E-state index >= 15 is 0 Å². The van der Waals surface area contributed by atoms with Gasteiger partial charge >= 0.3 is 5.97 Å². The van der Waals surface area contributed by atoms with Crippen LogP contribution in [0.25, 0.3) is 0 Å². The SMILES string of the molecule is COC(=O)c1cccc2c1[S@@](=O)OC2(c1ccccc1)c1ccccc1. The Balaban J connectivity index is 2.06. The molecule has 0 bridgehead atoms. The van der Waals surface area contributed by atoms with Gasteiger partial charge in [-0.1, -0.05) is 72.8 Å². The van der Waals surface area contributed by atoms with Gasteiger partial charge in [0, 0.05) is 5.56 Å². The predicted molar refractivity (Wildman–Crippen MR) is 98.0 cm³/mol. The Kier molecular flexibility index (Phi) is 4.18. The Morgan fingerprint density at radius 1 is 0.885 bits per heavy atom. The minimum absolute atomic E-state index is 0.261. The monoisotopic (exact) mass is 364 g/mol. The van der Waals surface area contributed by atoms with Gasteiger partial charge in [-0.25, -0.2) is 9.00 Å². The number of esters is 1. The zero-order valence-electron chi connectivity index (χ0n) is 14.0. The molecule has 3 aromatic carbocycles. The maximum atomic E-state index is 13.0. The number of hydrogen-bond acceptors (Lipinski definition) is 4. The van der Waals surface area contributed by atoms with Crippen LogP contribution in [0.3, 0.4) is 0 Å². The molecule has 130 valence electrons. The summed E-state index contributed by atoms with van der Waals surface area (Å²) in [6.45, 7) is 0. The molecule has 0 aliphatic carbocycles. The molecule has 0 aromatic heterocycles. The summed E-state index contributed by atoms with van der Waals surface area (Å²) in [7, 11) is 1.31. The first-order chi connectivity index (χ1) is 12.7. The van der Waals surface area contributed by atoms with Crippen molar-refractivity contribution in [2.24, 2.45) is 0 Å². The molecule has 3 aromatic rings. The number of rotatable bonds is 3. The third-order valence-electron chi connectivity index (χ3n) is 4.53. The summed E-state index contributed by atoms with van der Waals surface area (Å²) in [5.41, 5.74) is 1.60. The lowest BCUT2D eigenvalue weighted by atomic mass is 9.80. The van der Waals surface area contributed by atoms with Crippen LogP contribution in [-0.4, -0.2) is 17.3 Å². The van der Waals surface area contributed by atoms with E-state index in [9.17, 15) is 9.00 Å². The van der Waals surface area contributed by atoms with Crippen LogP contribution in [0.5, 0.6) is 0 Å². The zero-order valence-corrected chi connectivity index (χ0v) is 14.9. The van der Waals surface area contributed by atoms with Gasteiger partial charge in [-0.3, -0.25) is 4.18 Å². The Morgan fingerprint density at radius 2 is 1.46 bits per heavy atom. The van der Waals surface area contributed by atoms with Crippen LogP contribution in [0.4, 0.5) is 0 Å². The molecule has 0 saturated heterocycles. The lowest BCUT2D eigenvalue weighted by molar-refractivity contribution is 0.0596. The molecule has 0 fully saturated rings. The summed E-state index contributed by atoms with van der Waals surface area (Å²) in [5, 5.41) is 0. The first kappa shape index (κ1) is 16.7. The van der Waals surface area contributed by atoms with E-state index in [0.717, 1.165) is 11.1 Å². The predicted octanol–water partition coefficient (Wildman–Crippen LogP) is 3.82. The van der Waals surface area contributed by atoms with E-state index in [2.05, 4.69) is 0 Å². The third-order valence-corrected chi connectivity index (χ3v) is 5.70. The number of hydrogen-bond donors (Lipinski definition) is 0. The van der Waals surface area contributed by atoms with Gasteiger partial charge in [-0.05, 0) is 17.2 Å². The van der Waals surface area contributed by atoms with Crippen LogP contribution in [0.15, 0.2) is 83.8 Å². The summed E-state index contributed by atoms with van der Waals surface area (Å²) in [5.74, 6) is -0.532. The highest BCUT2D eigenvalue weighted by Gasteiger charge is 2.49. The minimum Gasteiger partial charge on any atom is -0.465 e. The largest absolute Gasteiger partial charge is 0.465 e. The fourth-order valence-corrected chi connectivity index (χ4v) is 4.70. The van der Waals surface area contributed by atoms with Crippen LogP contribution in [0.2, 0.25) is 0 Å². The molecule has 0 spiro atoms. The van der Waals surface area contributed by atoms with Gasteiger partial charge in [0.2, 0.25) is 0 Å². The van der Waals surface area contributed by atoms with E-state index in [4.69, 9.17) is 8.92 Å². The maximum absolute atomic E-state index is 13.0. The van der Waals surface area contributed by atoms with Crippen molar-refractivity contribution in [3.63, 3.8) is 0 Å². The van der Waals surface area contributed by atoms with Gasteiger partial charge in [0.25, 0.3) is 0 Å². The summed E-state index contributed by atoms with van der Waals surface area (Å²) in [4.78, 5) is 12.6. The normalized spacial score (nSPS) is 17.5. The lowest BCUT2D eigenvalue weighted by Crippen LogP contribution is -2.28. The van der Waals surface area contributed by atoms with Crippen molar-refractivity contribution < 1.29 is 17.9 Å². The average Bonchev–Trinajstić information content (AvgIpc) is 3.02. The Hall–Kier alpha value is -2.76. The summed E-state index contributed by atoms with van der Waals surface area (Å²) in [6, 6.07) is 24.4. The molecule has 26 heavy (non-hydrogen) atoms. The number of benzene rings is 3. The van der Waals surface area contributed by atoms with Gasteiger partial charge < -0.3 is 4.74 Å². The molecule has 0 amide bonds. The lowest BCUT2D eigenvalue weighted by Gasteiger charge is -2.29. The highest BCUT2D eigenvalue weighted by molar-refractivity contribution is 7.80. The van der Waals surface area contributed by atoms with E-state index in [1.165, 1.54) is 7.11 Å². The van der Waals surface area contributed by atoms with Crippen LogP contribution in [0.1, 0.15) is 27.0 Å². The van der Waals surface area contributed by atoms with Crippen molar-refractivity contribution in [1.82, 2.24) is 0 Å².